The van der Waals surface area contributed by atoms with E-state index in [1.54, 1.807) is 24.5 Å². The van der Waals surface area contributed by atoms with E-state index in [9.17, 15) is 9.18 Å². The van der Waals surface area contributed by atoms with Gasteiger partial charge in [-0.15, -0.1) is 0 Å². The molecule has 0 fully saturated rings. The Hall–Kier alpha value is -4.52. The molecule has 7 heteroatoms. The SMILES string of the molecule is O=C(Cc1ccccc1)Nc1cc(NCc2cc(-c3cc4cccnc4[nH]3)ccn2)ccc1F. The number of rotatable bonds is 7. The maximum atomic E-state index is 14.3. The van der Waals surface area contributed by atoms with Crippen LogP contribution in [0.2, 0.25) is 0 Å². The van der Waals surface area contributed by atoms with Crippen molar-refractivity contribution in [2.75, 3.05) is 10.6 Å². The number of carbonyl (C=O) groups excluding carboxylic acids is 1. The van der Waals surface area contributed by atoms with Crippen molar-refractivity contribution in [2.45, 2.75) is 13.0 Å². The molecule has 0 aliphatic carbocycles. The minimum absolute atomic E-state index is 0.137. The van der Waals surface area contributed by atoms with E-state index in [1.165, 1.54) is 6.07 Å². The van der Waals surface area contributed by atoms with Crippen LogP contribution in [0.5, 0.6) is 0 Å². The van der Waals surface area contributed by atoms with Gasteiger partial charge in [-0.1, -0.05) is 30.3 Å². The average molecular weight is 452 g/mol. The fourth-order valence-electron chi connectivity index (χ4n) is 3.76. The molecule has 0 saturated carbocycles. The van der Waals surface area contributed by atoms with Gasteiger partial charge < -0.3 is 15.6 Å². The minimum Gasteiger partial charge on any atom is -0.379 e. The van der Waals surface area contributed by atoms with Gasteiger partial charge in [0.25, 0.3) is 0 Å². The second kappa shape index (κ2) is 9.54. The van der Waals surface area contributed by atoms with Crippen molar-refractivity contribution in [3.63, 3.8) is 0 Å². The molecule has 0 bridgehead atoms. The van der Waals surface area contributed by atoms with Gasteiger partial charge in [0.1, 0.15) is 11.5 Å². The zero-order valence-corrected chi connectivity index (χ0v) is 18.3. The summed E-state index contributed by atoms with van der Waals surface area (Å²) in [7, 11) is 0. The maximum absolute atomic E-state index is 14.3. The third-order valence-electron chi connectivity index (χ3n) is 5.44. The van der Waals surface area contributed by atoms with Gasteiger partial charge in [0, 0.05) is 34.7 Å². The number of fused-ring (bicyclic) bond motifs is 1. The normalized spacial score (nSPS) is 10.9. The molecular weight excluding hydrogens is 429 g/mol. The molecule has 5 aromatic rings. The van der Waals surface area contributed by atoms with Crippen molar-refractivity contribution < 1.29 is 9.18 Å². The fraction of sp³-hybridized carbons (Fsp3) is 0.0741. The van der Waals surface area contributed by atoms with Crippen molar-refractivity contribution in [3.05, 3.63) is 108 Å². The Balaban J connectivity index is 1.26. The summed E-state index contributed by atoms with van der Waals surface area (Å²) in [6, 6.07) is 23.8. The molecule has 3 aromatic heterocycles. The van der Waals surface area contributed by atoms with Crippen molar-refractivity contribution in [1.82, 2.24) is 15.0 Å². The number of carbonyl (C=O) groups is 1. The van der Waals surface area contributed by atoms with Crippen LogP contribution < -0.4 is 10.6 Å². The van der Waals surface area contributed by atoms with E-state index in [0.717, 1.165) is 33.5 Å². The number of nitrogens with zero attached hydrogens (tertiary/aromatic N) is 2. The van der Waals surface area contributed by atoms with Crippen LogP contribution in [0.3, 0.4) is 0 Å². The van der Waals surface area contributed by atoms with E-state index < -0.39 is 5.82 Å². The Kier molecular flexibility index (Phi) is 5.99. The summed E-state index contributed by atoms with van der Waals surface area (Å²) in [6.07, 6.45) is 3.69. The Labute approximate surface area is 195 Å². The van der Waals surface area contributed by atoms with Crippen LogP contribution in [0, 0.1) is 5.82 Å². The standard InChI is InChI=1S/C27H22FN5O/c28-23-9-8-21(16-25(23)32-26(34)13-18-5-2-1-3-6-18)31-17-22-14-19(10-12-29-22)24-15-20-7-4-11-30-27(20)33-24/h1-12,14-16,31H,13,17H2,(H,30,33)(H,32,34). The van der Waals surface area contributed by atoms with E-state index in [1.807, 2.05) is 54.6 Å². The number of pyridine rings is 2. The third kappa shape index (κ3) is 4.94. The molecule has 0 aliphatic heterocycles. The van der Waals surface area contributed by atoms with E-state index in [-0.39, 0.29) is 18.0 Å². The molecule has 6 nitrogen and oxygen atoms in total. The Morgan fingerprint density at radius 3 is 2.65 bits per heavy atom. The van der Waals surface area contributed by atoms with Gasteiger partial charge in [-0.05, 0) is 54.1 Å². The lowest BCUT2D eigenvalue weighted by Gasteiger charge is -2.11. The van der Waals surface area contributed by atoms with Gasteiger partial charge in [0.15, 0.2) is 0 Å². The molecule has 3 N–H and O–H groups in total. The molecule has 0 unspecified atom stereocenters. The Morgan fingerprint density at radius 1 is 0.912 bits per heavy atom. The molecule has 168 valence electrons. The van der Waals surface area contributed by atoms with Crippen LogP contribution in [0.15, 0.2) is 91.3 Å². The molecule has 0 saturated heterocycles. The smallest absolute Gasteiger partial charge is 0.228 e. The number of anilines is 2. The van der Waals surface area contributed by atoms with E-state index >= 15 is 0 Å². The number of aromatic nitrogens is 3. The van der Waals surface area contributed by atoms with Gasteiger partial charge in [0.2, 0.25) is 5.91 Å². The number of H-pyrrole nitrogens is 1. The average Bonchev–Trinajstić information content (AvgIpc) is 3.30. The first-order chi connectivity index (χ1) is 16.6. The summed E-state index contributed by atoms with van der Waals surface area (Å²) in [5.41, 5.74) is 5.30. The lowest BCUT2D eigenvalue weighted by atomic mass is 10.1. The van der Waals surface area contributed by atoms with E-state index in [2.05, 4.69) is 31.7 Å². The summed E-state index contributed by atoms with van der Waals surface area (Å²) >= 11 is 0. The first-order valence-electron chi connectivity index (χ1n) is 10.9. The van der Waals surface area contributed by atoms with E-state index in [4.69, 9.17) is 0 Å². The van der Waals surface area contributed by atoms with Crippen molar-refractivity contribution in [3.8, 4) is 11.3 Å². The number of hydrogen-bond acceptors (Lipinski definition) is 4. The highest BCUT2D eigenvalue weighted by atomic mass is 19.1. The number of aromatic amines is 1. The molecule has 2 aromatic carbocycles. The summed E-state index contributed by atoms with van der Waals surface area (Å²) in [5, 5.41) is 6.96. The van der Waals surface area contributed by atoms with Crippen LogP contribution in [0.1, 0.15) is 11.3 Å². The first kappa shape index (κ1) is 21.3. The molecule has 5 rings (SSSR count). The van der Waals surface area contributed by atoms with Crippen molar-refractivity contribution in [1.29, 1.82) is 0 Å². The lowest BCUT2D eigenvalue weighted by molar-refractivity contribution is -0.115. The zero-order chi connectivity index (χ0) is 23.3. The summed E-state index contributed by atoms with van der Waals surface area (Å²) in [6.45, 7) is 0.440. The van der Waals surface area contributed by atoms with Gasteiger partial charge >= 0.3 is 0 Å². The molecule has 0 radical (unpaired) electrons. The zero-order valence-electron chi connectivity index (χ0n) is 18.3. The highest BCUT2D eigenvalue weighted by Crippen LogP contribution is 2.24. The van der Waals surface area contributed by atoms with Crippen molar-refractivity contribution >= 4 is 28.3 Å². The number of hydrogen-bond donors (Lipinski definition) is 3. The van der Waals surface area contributed by atoms with E-state index in [0.29, 0.717) is 12.2 Å². The van der Waals surface area contributed by atoms with Crippen LogP contribution in [0.4, 0.5) is 15.8 Å². The van der Waals surface area contributed by atoms with Gasteiger partial charge in [0.05, 0.1) is 24.3 Å². The second-order valence-corrected chi connectivity index (χ2v) is 7.92. The second-order valence-electron chi connectivity index (χ2n) is 7.92. The van der Waals surface area contributed by atoms with Crippen LogP contribution in [-0.4, -0.2) is 20.9 Å². The summed E-state index contributed by atoms with van der Waals surface area (Å²) in [4.78, 5) is 24.4. The quantitative estimate of drug-likeness (QED) is 0.303. The number of nitrogens with one attached hydrogen (secondary N) is 3. The fourth-order valence-corrected chi connectivity index (χ4v) is 3.76. The first-order valence-corrected chi connectivity index (χ1v) is 10.9. The summed E-state index contributed by atoms with van der Waals surface area (Å²) in [5.74, 6) is -0.760. The number of benzene rings is 2. The van der Waals surface area contributed by atoms with Crippen LogP contribution >= 0.6 is 0 Å². The molecule has 34 heavy (non-hydrogen) atoms. The predicted octanol–water partition coefficient (Wildman–Crippen LogP) is 5.56. The van der Waals surface area contributed by atoms with Gasteiger partial charge in [-0.2, -0.15) is 0 Å². The minimum atomic E-state index is -0.487. The molecule has 0 atom stereocenters. The molecular formula is C27H22FN5O. The molecule has 0 spiro atoms. The Morgan fingerprint density at radius 2 is 1.79 bits per heavy atom. The Bertz CT molecular complexity index is 1420. The lowest BCUT2D eigenvalue weighted by Crippen LogP contribution is -2.15. The van der Waals surface area contributed by atoms with Crippen LogP contribution in [0.25, 0.3) is 22.3 Å². The van der Waals surface area contributed by atoms with Crippen LogP contribution in [-0.2, 0) is 17.8 Å². The maximum Gasteiger partial charge on any atom is 0.228 e. The summed E-state index contributed by atoms with van der Waals surface area (Å²) < 4.78 is 14.3. The largest absolute Gasteiger partial charge is 0.379 e. The molecule has 0 aliphatic rings. The monoisotopic (exact) mass is 451 g/mol. The molecule has 3 heterocycles. The number of amides is 1. The van der Waals surface area contributed by atoms with Gasteiger partial charge in [-0.3, -0.25) is 9.78 Å². The third-order valence-corrected chi connectivity index (χ3v) is 5.44. The molecule has 1 amide bonds. The predicted molar refractivity (Wildman–Crippen MR) is 132 cm³/mol. The number of halogens is 1. The highest BCUT2D eigenvalue weighted by Gasteiger charge is 2.10. The topological polar surface area (TPSA) is 82.7 Å². The van der Waals surface area contributed by atoms with Crippen molar-refractivity contribution in [2.24, 2.45) is 0 Å². The highest BCUT2D eigenvalue weighted by molar-refractivity contribution is 5.92. The van der Waals surface area contributed by atoms with Gasteiger partial charge in [-0.25, -0.2) is 9.37 Å².